The lowest BCUT2D eigenvalue weighted by molar-refractivity contribution is 0.0601. The van der Waals surface area contributed by atoms with Crippen molar-refractivity contribution in [2.75, 3.05) is 25.5 Å². The Kier molecular flexibility index (Phi) is 7.40. The van der Waals surface area contributed by atoms with Gasteiger partial charge in [-0.3, -0.25) is 4.79 Å². The van der Waals surface area contributed by atoms with Crippen LogP contribution in [0.4, 0.5) is 5.69 Å². The van der Waals surface area contributed by atoms with Crippen LogP contribution >= 0.6 is 11.6 Å². The summed E-state index contributed by atoms with van der Waals surface area (Å²) in [5.74, 6) is -1.16. The Morgan fingerprint density at radius 3 is 2.38 bits per heavy atom. The van der Waals surface area contributed by atoms with Gasteiger partial charge < -0.3 is 10.1 Å². The Morgan fingerprint density at radius 2 is 1.79 bits per heavy atom. The lowest BCUT2D eigenvalue weighted by Gasteiger charge is -2.19. The standard InChI is InChI=1S/C20H23ClN2O5S/c1-5-23(6-2)29(26,27)17-12-14(10-11-15(17)21)19(24)22-16-9-7-8-13(3)18(16)20(25)28-4/h7-12H,5-6H2,1-4H3,(H,22,24). The van der Waals surface area contributed by atoms with Crippen LogP contribution in [0.15, 0.2) is 41.3 Å². The highest BCUT2D eigenvalue weighted by molar-refractivity contribution is 7.89. The molecule has 2 aromatic rings. The lowest BCUT2D eigenvalue weighted by atomic mass is 10.1. The van der Waals surface area contributed by atoms with Crippen LogP contribution in [-0.2, 0) is 14.8 Å². The molecule has 2 aromatic carbocycles. The average molecular weight is 439 g/mol. The fourth-order valence-corrected chi connectivity index (χ4v) is 4.84. The quantitative estimate of drug-likeness (QED) is 0.665. The number of aryl methyl sites for hydroxylation is 1. The molecule has 0 fully saturated rings. The van der Waals surface area contributed by atoms with Crippen molar-refractivity contribution in [1.82, 2.24) is 4.31 Å². The molecule has 0 saturated carbocycles. The molecule has 0 bridgehead atoms. The summed E-state index contributed by atoms with van der Waals surface area (Å²) in [6, 6.07) is 9.00. The minimum absolute atomic E-state index is 0.0271. The minimum atomic E-state index is -3.85. The third kappa shape index (κ3) is 4.77. The molecule has 0 atom stereocenters. The number of ether oxygens (including phenoxy) is 1. The highest BCUT2D eigenvalue weighted by Gasteiger charge is 2.26. The Labute approximate surface area is 175 Å². The fourth-order valence-electron chi connectivity index (χ4n) is 2.88. The molecule has 0 aliphatic rings. The van der Waals surface area contributed by atoms with E-state index in [1.54, 1.807) is 39.0 Å². The molecule has 0 aliphatic heterocycles. The van der Waals surface area contributed by atoms with Crippen molar-refractivity contribution >= 4 is 39.2 Å². The van der Waals surface area contributed by atoms with Crippen molar-refractivity contribution in [2.24, 2.45) is 0 Å². The number of nitrogens with zero attached hydrogens (tertiary/aromatic N) is 1. The molecule has 156 valence electrons. The number of sulfonamides is 1. The van der Waals surface area contributed by atoms with Gasteiger partial charge in [0.2, 0.25) is 10.0 Å². The molecule has 0 unspecified atom stereocenters. The number of esters is 1. The van der Waals surface area contributed by atoms with Gasteiger partial charge in [-0.1, -0.05) is 37.6 Å². The summed E-state index contributed by atoms with van der Waals surface area (Å²) in [6.45, 7) is 5.71. The summed E-state index contributed by atoms with van der Waals surface area (Å²) in [7, 11) is -2.59. The van der Waals surface area contributed by atoms with E-state index in [0.717, 1.165) is 0 Å². The highest BCUT2D eigenvalue weighted by atomic mass is 35.5. The van der Waals surface area contributed by atoms with Crippen molar-refractivity contribution < 1.29 is 22.7 Å². The van der Waals surface area contributed by atoms with Crippen molar-refractivity contribution in [3.63, 3.8) is 0 Å². The lowest BCUT2D eigenvalue weighted by Crippen LogP contribution is -2.31. The molecule has 0 aromatic heterocycles. The highest BCUT2D eigenvalue weighted by Crippen LogP contribution is 2.27. The summed E-state index contributed by atoms with van der Waals surface area (Å²) in [6.07, 6.45) is 0. The third-order valence-corrected chi connectivity index (χ3v) is 6.96. The van der Waals surface area contributed by atoms with Gasteiger partial charge in [-0.05, 0) is 36.8 Å². The molecule has 7 nitrogen and oxygen atoms in total. The van der Waals surface area contributed by atoms with Gasteiger partial charge in [0.05, 0.1) is 23.4 Å². The van der Waals surface area contributed by atoms with Crippen LogP contribution in [0.2, 0.25) is 5.02 Å². The van der Waals surface area contributed by atoms with Gasteiger partial charge in [-0.25, -0.2) is 13.2 Å². The van der Waals surface area contributed by atoms with Gasteiger partial charge in [-0.15, -0.1) is 0 Å². The molecule has 2 rings (SSSR count). The molecule has 1 N–H and O–H groups in total. The zero-order chi connectivity index (χ0) is 21.8. The smallest absolute Gasteiger partial charge is 0.340 e. The Hall–Kier alpha value is -2.42. The second-order valence-electron chi connectivity index (χ2n) is 6.18. The first-order valence-electron chi connectivity index (χ1n) is 8.96. The average Bonchev–Trinajstić information content (AvgIpc) is 2.68. The molecule has 9 heteroatoms. The summed E-state index contributed by atoms with van der Waals surface area (Å²) in [5, 5.41) is 2.67. The first-order valence-corrected chi connectivity index (χ1v) is 10.8. The predicted octanol–water partition coefficient (Wildman–Crippen LogP) is 3.72. The van der Waals surface area contributed by atoms with Crippen molar-refractivity contribution in [2.45, 2.75) is 25.7 Å². The van der Waals surface area contributed by atoms with Gasteiger partial charge in [-0.2, -0.15) is 4.31 Å². The Balaban J connectivity index is 2.45. The Bertz CT molecular complexity index is 1030. The maximum Gasteiger partial charge on any atom is 0.340 e. The molecule has 0 radical (unpaired) electrons. The fraction of sp³-hybridized carbons (Fsp3) is 0.300. The van der Waals surface area contributed by atoms with E-state index >= 15 is 0 Å². The van der Waals surface area contributed by atoms with E-state index in [9.17, 15) is 18.0 Å². The van der Waals surface area contributed by atoms with Crippen LogP contribution in [-0.4, -0.2) is 44.8 Å². The number of nitrogens with one attached hydrogen (secondary N) is 1. The zero-order valence-corrected chi connectivity index (χ0v) is 18.2. The number of halogens is 1. The van der Waals surface area contributed by atoms with E-state index in [-0.39, 0.29) is 39.8 Å². The summed E-state index contributed by atoms with van der Waals surface area (Å²) >= 11 is 6.11. The number of carbonyl (C=O) groups is 2. The van der Waals surface area contributed by atoms with Gasteiger partial charge in [0.1, 0.15) is 4.90 Å². The van der Waals surface area contributed by atoms with Gasteiger partial charge in [0.25, 0.3) is 5.91 Å². The molecular formula is C20H23ClN2O5S. The predicted molar refractivity (Wildman–Crippen MR) is 112 cm³/mol. The largest absolute Gasteiger partial charge is 0.465 e. The van der Waals surface area contributed by atoms with Crippen LogP contribution in [0.1, 0.15) is 40.1 Å². The molecule has 0 saturated heterocycles. The van der Waals surface area contributed by atoms with E-state index in [4.69, 9.17) is 16.3 Å². The molecular weight excluding hydrogens is 416 g/mol. The van der Waals surface area contributed by atoms with Crippen LogP contribution in [0.3, 0.4) is 0 Å². The van der Waals surface area contributed by atoms with Crippen LogP contribution in [0.25, 0.3) is 0 Å². The topological polar surface area (TPSA) is 92.8 Å². The minimum Gasteiger partial charge on any atom is -0.465 e. The van der Waals surface area contributed by atoms with E-state index < -0.39 is 21.9 Å². The van der Waals surface area contributed by atoms with E-state index in [1.165, 1.54) is 29.6 Å². The maximum atomic E-state index is 12.8. The molecule has 1 amide bonds. The van der Waals surface area contributed by atoms with Gasteiger partial charge in [0.15, 0.2) is 0 Å². The number of hydrogen-bond donors (Lipinski definition) is 1. The van der Waals surface area contributed by atoms with E-state index in [0.29, 0.717) is 5.56 Å². The third-order valence-electron chi connectivity index (χ3n) is 4.43. The first-order chi connectivity index (χ1) is 13.7. The number of anilines is 1. The van der Waals surface area contributed by atoms with Gasteiger partial charge >= 0.3 is 5.97 Å². The number of carbonyl (C=O) groups excluding carboxylic acids is 2. The number of benzene rings is 2. The first kappa shape index (κ1) is 22.9. The normalized spacial score (nSPS) is 11.4. The molecule has 0 heterocycles. The number of amides is 1. The summed E-state index contributed by atoms with van der Waals surface area (Å²) < 4.78 is 31.7. The monoisotopic (exact) mass is 438 g/mol. The number of rotatable bonds is 7. The molecule has 0 aliphatic carbocycles. The van der Waals surface area contributed by atoms with Crippen LogP contribution in [0, 0.1) is 6.92 Å². The van der Waals surface area contributed by atoms with Crippen LogP contribution in [0.5, 0.6) is 0 Å². The molecule has 29 heavy (non-hydrogen) atoms. The van der Waals surface area contributed by atoms with Gasteiger partial charge in [0, 0.05) is 18.7 Å². The number of methoxy groups -OCH3 is 1. The SMILES string of the molecule is CCN(CC)S(=O)(=O)c1cc(C(=O)Nc2cccc(C)c2C(=O)OC)ccc1Cl. The van der Waals surface area contributed by atoms with Crippen molar-refractivity contribution in [3.8, 4) is 0 Å². The summed E-state index contributed by atoms with van der Waals surface area (Å²) in [4.78, 5) is 24.7. The van der Waals surface area contributed by atoms with E-state index in [2.05, 4.69) is 5.32 Å². The maximum absolute atomic E-state index is 12.8. The van der Waals surface area contributed by atoms with E-state index in [1.807, 2.05) is 0 Å². The Morgan fingerprint density at radius 1 is 1.14 bits per heavy atom. The van der Waals surface area contributed by atoms with Crippen molar-refractivity contribution in [1.29, 1.82) is 0 Å². The second-order valence-corrected chi connectivity index (χ2v) is 8.49. The van der Waals surface area contributed by atoms with Crippen molar-refractivity contribution in [3.05, 3.63) is 58.1 Å². The summed E-state index contributed by atoms with van der Waals surface area (Å²) in [5.41, 5.74) is 1.23. The zero-order valence-electron chi connectivity index (χ0n) is 16.7. The second kappa shape index (κ2) is 9.39. The number of hydrogen-bond acceptors (Lipinski definition) is 5. The molecule has 0 spiro atoms. The van der Waals surface area contributed by atoms with Crippen LogP contribution < -0.4 is 5.32 Å².